The van der Waals surface area contributed by atoms with E-state index in [1.54, 1.807) is 22.4 Å². The highest BCUT2D eigenvalue weighted by molar-refractivity contribution is 7.91. The summed E-state index contributed by atoms with van der Waals surface area (Å²) in [6, 6.07) is 8.35. The van der Waals surface area contributed by atoms with E-state index in [0.717, 1.165) is 10.2 Å². The van der Waals surface area contributed by atoms with Crippen molar-refractivity contribution in [1.82, 2.24) is 14.2 Å². The molecule has 2 aliphatic heterocycles. The number of aromatic nitrogens is 1. The van der Waals surface area contributed by atoms with Crippen LogP contribution in [-0.4, -0.2) is 60.3 Å². The molecule has 0 N–H and O–H groups in total. The summed E-state index contributed by atoms with van der Waals surface area (Å²) in [5, 5.41) is 2.93. The number of likely N-dealkylation sites (tertiary alicyclic amines) is 1. The van der Waals surface area contributed by atoms with Crippen molar-refractivity contribution >= 4 is 60.4 Å². The van der Waals surface area contributed by atoms with E-state index in [1.807, 2.05) is 18.2 Å². The third kappa shape index (κ3) is 4.14. The Morgan fingerprint density at radius 1 is 1.12 bits per heavy atom. The first-order valence-corrected chi connectivity index (χ1v) is 14.0. The number of thiazole rings is 1. The normalized spacial score (nSPS) is 20.8. The lowest BCUT2D eigenvalue weighted by Crippen LogP contribution is -2.50. The van der Waals surface area contributed by atoms with Crippen molar-refractivity contribution in [2.75, 3.05) is 19.6 Å². The maximum absolute atomic E-state index is 13.2. The fraction of sp³-hybridized carbons (Fsp3) is 0.429. The van der Waals surface area contributed by atoms with Crippen molar-refractivity contribution in [3.8, 4) is 5.19 Å². The number of piperidine rings is 1. The number of thiophene rings is 1. The molecule has 0 saturated carbocycles. The molecule has 2 aliphatic rings. The molecule has 3 aromatic rings. The Hall–Kier alpha value is -1.72. The van der Waals surface area contributed by atoms with Gasteiger partial charge in [-0.15, -0.1) is 11.3 Å². The van der Waals surface area contributed by atoms with Crippen LogP contribution in [0.25, 0.3) is 10.2 Å². The van der Waals surface area contributed by atoms with E-state index in [1.165, 1.54) is 27.0 Å². The van der Waals surface area contributed by atoms with Crippen LogP contribution in [-0.2, 0) is 14.8 Å². The maximum Gasteiger partial charge on any atom is 0.274 e. The molecule has 1 unspecified atom stereocenters. The number of para-hydroxylation sites is 1. The van der Waals surface area contributed by atoms with Crippen LogP contribution in [0.2, 0.25) is 5.02 Å². The van der Waals surface area contributed by atoms with Gasteiger partial charge in [0.05, 0.1) is 9.72 Å². The molecular weight excluding hydrogens is 490 g/mol. The van der Waals surface area contributed by atoms with Gasteiger partial charge in [-0.1, -0.05) is 35.1 Å². The number of hydrogen-bond acceptors (Lipinski definition) is 7. The van der Waals surface area contributed by atoms with Gasteiger partial charge in [0.15, 0.2) is 0 Å². The lowest BCUT2D eigenvalue weighted by atomic mass is 10.1. The predicted molar refractivity (Wildman–Crippen MR) is 126 cm³/mol. The summed E-state index contributed by atoms with van der Waals surface area (Å²) in [5.74, 6) is -0.104. The quantitative estimate of drug-likeness (QED) is 0.512. The first kappa shape index (κ1) is 22.1. The fourth-order valence-electron chi connectivity index (χ4n) is 4.29. The largest absolute Gasteiger partial charge is 0.467 e. The number of fused-ring (bicyclic) bond motifs is 1. The number of benzene rings is 1. The van der Waals surface area contributed by atoms with E-state index in [2.05, 4.69) is 4.98 Å². The minimum atomic E-state index is -3.63. The molecule has 32 heavy (non-hydrogen) atoms. The molecule has 170 valence electrons. The Labute approximate surface area is 199 Å². The van der Waals surface area contributed by atoms with Gasteiger partial charge in [0.25, 0.3) is 15.2 Å². The zero-order chi connectivity index (χ0) is 22.3. The third-order valence-corrected chi connectivity index (χ3v) is 10.4. The topological polar surface area (TPSA) is 79.8 Å². The Kier molecular flexibility index (Phi) is 6.15. The van der Waals surface area contributed by atoms with E-state index >= 15 is 0 Å². The molecule has 2 aromatic heterocycles. The van der Waals surface area contributed by atoms with Crippen LogP contribution < -0.4 is 4.74 Å². The van der Waals surface area contributed by atoms with Crippen molar-refractivity contribution in [2.24, 2.45) is 0 Å². The first-order chi connectivity index (χ1) is 15.4. The van der Waals surface area contributed by atoms with Gasteiger partial charge in [-0.05, 0) is 36.4 Å². The standard InChI is InChI=1S/C21H22ClN3O4S3/c22-15-4-1-6-17-19(15)23-21(31-17)29-14-8-11-24(12-9-14)20(26)16-5-2-10-25(16)32(27,28)18-7-3-13-30-18/h1,3-4,6-7,13-14,16H,2,5,8-12H2. The van der Waals surface area contributed by atoms with Crippen molar-refractivity contribution in [1.29, 1.82) is 0 Å². The van der Waals surface area contributed by atoms with Crippen LogP contribution in [0.4, 0.5) is 0 Å². The van der Waals surface area contributed by atoms with Crippen LogP contribution in [0, 0.1) is 0 Å². The van der Waals surface area contributed by atoms with Gasteiger partial charge in [0, 0.05) is 32.5 Å². The van der Waals surface area contributed by atoms with Crippen LogP contribution in [0.3, 0.4) is 0 Å². The summed E-state index contributed by atoms with van der Waals surface area (Å²) in [4.78, 5) is 19.5. The molecule has 2 saturated heterocycles. The van der Waals surface area contributed by atoms with Gasteiger partial charge >= 0.3 is 0 Å². The molecule has 5 rings (SSSR count). The minimum absolute atomic E-state index is 0.0343. The van der Waals surface area contributed by atoms with Gasteiger partial charge in [0.2, 0.25) is 5.91 Å². The second kappa shape index (κ2) is 8.90. The minimum Gasteiger partial charge on any atom is -0.467 e. The highest BCUT2D eigenvalue weighted by Crippen LogP contribution is 2.34. The lowest BCUT2D eigenvalue weighted by Gasteiger charge is -2.34. The zero-order valence-electron chi connectivity index (χ0n) is 17.1. The lowest BCUT2D eigenvalue weighted by molar-refractivity contribution is -0.136. The number of sulfonamides is 1. The SMILES string of the molecule is O=C(C1CCCN1S(=O)(=O)c1cccs1)N1CCC(Oc2nc3c(Cl)cccc3s2)CC1. The molecule has 0 aliphatic carbocycles. The van der Waals surface area contributed by atoms with Gasteiger partial charge < -0.3 is 9.64 Å². The molecule has 2 fully saturated rings. The molecule has 0 radical (unpaired) electrons. The van der Waals surface area contributed by atoms with Crippen LogP contribution in [0.1, 0.15) is 25.7 Å². The summed E-state index contributed by atoms with van der Waals surface area (Å²) in [7, 11) is -3.63. The number of rotatable bonds is 5. The number of ether oxygens (including phenoxy) is 1. The summed E-state index contributed by atoms with van der Waals surface area (Å²) >= 11 is 8.85. The number of halogens is 1. The summed E-state index contributed by atoms with van der Waals surface area (Å²) in [6.45, 7) is 1.47. The molecule has 0 bridgehead atoms. The van der Waals surface area contributed by atoms with E-state index in [4.69, 9.17) is 16.3 Å². The van der Waals surface area contributed by atoms with Crippen molar-refractivity contribution in [2.45, 2.75) is 42.0 Å². The summed E-state index contributed by atoms with van der Waals surface area (Å²) in [5.41, 5.74) is 0.745. The Balaban J connectivity index is 1.22. The second-order valence-electron chi connectivity index (χ2n) is 7.91. The Morgan fingerprint density at radius 3 is 2.66 bits per heavy atom. The van der Waals surface area contributed by atoms with Crippen molar-refractivity contribution < 1.29 is 17.9 Å². The van der Waals surface area contributed by atoms with Crippen LogP contribution in [0.15, 0.2) is 39.9 Å². The maximum atomic E-state index is 13.2. The average molecular weight is 512 g/mol. The van der Waals surface area contributed by atoms with Gasteiger partial charge in [-0.25, -0.2) is 13.4 Å². The molecule has 11 heteroatoms. The molecule has 7 nitrogen and oxygen atoms in total. The highest BCUT2D eigenvalue weighted by atomic mass is 35.5. The van der Waals surface area contributed by atoms with Crippen molar-refractivity contribution in [3.63, 3.8) is 0 Å². The van der Waals surface area contributed by atoms with E-state index in [9.17, 15) is 13.2 Å². The zero-order valence-corrected chi connectivity index (χ0v) is 20.4. The van der Waals surface area contributed by atoms with Gasteiger partial charge in [-0.3, -0.25) is 4.79 Å². The smallest absolute Gasteiger partial charge is 0.274 e. The fourth-order valence-corrected chi connectivity index (χ4v) is 8.24. The van der Waals surface area contributed by atoms with Crippen molar-refractivity contribution in [3.05, 3.63) is 40.7 Å². The Morgan fingerprint density at radius 2 is 1.94 bits per heavy atom. The molecule has 1 amide bonds. The number of hydrogen-bond donors (Lipinski definition) is 0. The summed E-state index contributed by atoms with van der Waals surface area (Å²) < 4.78 is 34.7. The predicted octanol–water partition coefficient (Wildman–Crippen LogP) is 4.23. The molecular formula is C21H22ClN3O4S3. The summed E-state index contributed by atoms with van der Waals surface area (Å²) in [6.07, 6.45) is 2.58. The number of nitrogens with zero attached hydrogens (tertiary/aromatic N) is 3. The number of carbonyl (C=O) groups excluding carboxylic acids is 1. The third-order valence-electron chi connectivity index (χ3n) is 5.92. The van der Waals surface area contributed by atoms with E-state index < -0.39 is 16.1 Å². The molecule has 1 aromatic carbocycles. The molecule has 0 spiro atoms. The van der Waals surface area contributed by atoms with Gasteiger partial charge in [-0.2, -0.15) is 4.31 Å². The average Bonchev–Trinajstić information content (AvgIpc) is 3.54. The molecule has 1 atom stereocenters. The van der Waals surface area contributed by atoms with Crippen LogP contribution in [0.5, 0.6) is 5.19 Å². The Bertz CT molecular complexity index is 1220. The number of amides is 1. The highest BCUT2D eigenvalue weighted by Gasteiger charge is 2.42. The van der Waals surface area contributed by atoms with E-state index in [0.29, 0.717) is 59.7 Å². The van der Waals surface area contributed by atoms with Gasteiger partial charge in [0.1, 0.15) is 21.9 Å². The number of carbonyl (C=O) groups is 1. The van der Waals surface area contributed by atoms with E-state index in [-0.39, 0.29) is 12.0 Å². The first-order valence-electron chi connectivity index (χ1n) is 10.5. The van der Waals surface area contributed by atoms with Crippen LogP contribution >= 0.6 is 34.3 Å². The molecule has 4 heterocycles. The second-order valence-corrected chi connectivity index (χ2v) is 12.4. The monoisotopic (exact) mass is 511 g/mol.